The smallest absolute Gasteiger partial charge is 0.504 e. The van der Waals surface area contributed by atoms with E-state index in [1.54, 1.807) is 31.4 Å². The van der Waals surface area contributed by atoms with E-state index in [2.05, 4.69) is 4.74 Å². The van der Waals surface area contributed by atoms with Crippen LogP contribution < -0.4 is 9.47 Å². The van der Waals surface area contributed by atoms with Crippen LogP contribution in [0, 0.1) is 0 Å². The Morgan fingerprint density at radius 3 is 2.56 bits per heavy atom. The van der Waals surface area contributed by atoms with Crippen LogP contribution in [-0.2, 0) is 4.74 Å². The zero-order valence-electron chi connectivity index (χ0n) is 9.97. The van der Waals surface area contributed by atoms with Gasteiger partial charge in [0, 0.05) is 0 Å². The van der Waals surface area contributed by atoms with Crippen LogP contribution in [0.4, 0.5) is 4.79 Å². The third-order valence-electron chi connectivity index (χ3n) is 2.49. The Bertz CT molecular complexity index is 591. The Balaban J connectivity index is 2.47. The molecule has 0 bridgehead atoms. The molecule has 0 atom stereocenters. The van der Waals surface area contributed by atoms with Crippen LogP contribution in [0.15, 0.2) is 30.3 Å². The number of ether oxygens (including phenoxy) is 3. The van der Waals surface area contributed by atoms with Crippen molar-refractivity contribution in [2.24, 2.45) is 0 Å². The second kappa shape index (κ2) is 4.83. The van der Waals surface area contributed by atoms with Crippen LogP contribution in [-0.4, -0.2) is 25.5 Å². The Kier molecular flexibility index (Phi) is 3.23. The lowest BCUT2D eigenvalue weighted by molar-refractivity contribution is 0.120. The Morgan fingerprint density at radius 1 is 1.11 bits per heavy atom. The summed E-state index contributed by atoms with van der Waals surface area (Å²) in [5.74, 6) is 0.595. The van der Waals surface area contributed by atoms with Crippen LogP contribution in [0.25, 0.3) is 10.8 Å². The molecule has 0 aliphatic heterocycles. The third kappa shape index (κ3) is 2.29. The van der Waals surface area contributed by atoms with E-state index < -0.39 is 6.16 Å². The maximum Gasteiger partial charge on any atom is 0.513 e. The first-order chi connectivity index (χ1) is 8.63. The van der Waals surface area contributed by atoms with Crippen molar-refractivity contribution in [1.82, 2.24) is 0 Å². The van der Waals surface area contributed by atoms with E-state index in [0.717, 1.165) is 10.8 Å². The second-order valence-electron chi connectivity index (χ2n) is 3.59. The van der Waals surface area contributed by atoms with E-state index in [1.807, 2.05) is 0 Å². The van der Waals surface area contributed by atoms with Crippen LogP contribution in [0.1, 0.15) is 0 Å². The van der Waals surface area contributed by atoms with Crippen molar-refractivity contribution in [1.29, 1.82) is 0 Å². The summed E-state index contributed by atoms with van der Waals surface area (Å²) in [7, 11) is 2.76. The summed E-state index contributed by atoms with van der Waals surface area (Å²) >= 11 is 0. The Hall–Kier alpha value is -2.43. The average molecular weight is 248 g/mol. The summed E-state index contributed by atoms with van der Waals surface area (Å²) in [6, 6.07) is 8.41. The van der Waals surface area contributed by atoms with Crippen LogP contribution in [0.2, 0.25) is 0 Å². The minimum absolute atomic E-state index is 0.0441. The van der Waals surface area contributed by atoms with Gasteiger partial charge in [0.15, 0.2) is 11.5 Å². The molecule has 0 amide bonds. The van der Waals surface area contributed by atoms with Gasteiger partial charge in [-0.2, -0.15) is 0 Å². The van der Waals surface area contributed by atoms with E-state index >= 15 is 0 Å². The number of hydrogen-bond donors (Lipinski definition) is 1. The highest BCUT2D eigenvalue weighted by Gasteiger charge is 2.10. The van der Waals surface area contributed by atoms with Crippen molar-refractivity contribution in [3.05, 3.63) is 30.3 Å². The van der Waals surface area contributed by atoms with E-state index in [0.29, 0.717) is 5.75 Å². The van der Waals surface area contributed by atoms with Gasteiger partial charge in [-0.15, -0.1) is 0 Å². The highest BCUT2D eigenvalue weighted by molar-refractivity contribution is 5.87. The molecule has 5 heteroatoms. The molecule has 2 rings (SSSR count). The number of methoxy groups -OCH3 is 2. The number of fused-ring (bicyclic) bond motifs is 1. The zero-order chi connectivity index (χ0) is 13.1. The molecule has 0 unspecified atom stereocenters. The summed E-state index contributed by atoms with van der Waals surface area (Å²) in [6.07, 6.45) is -0.882. The van der Waals surface area contributed by atoms with E-state index in [4.69, 9.17) is 9.47 Å². The SMILES string of the molecule is COC(=O)Oc1cc2cc(OC)ccc2cc1O. The van der Waals surface area contributed by atoms with Crippen LogP contribution in [0.3, 0.4) is 0 Å². The van der Waals surface area contributed by atoms with E-state index in [-0.39, 0.29) is 11.5 Å². The molecule has 0 heterocycles. The second-order valence-corrected chi connectivity index (χ2v) is 3.59. The van der Waals surface area contributed by atoms with Crippen molar-refractivity contribution in [2.75, 3.05) is 14.2 Å². The zero-order valence-corrected chi connectivity index (χ0v) is 9.97. The predicted octanol–water partition coefficient (Wildman–Crippen LogP) is 2.70. The van der Waals surface area contributed by atoms with E-state index in [1.165, 1.54) is 13.2 Å². The molecule has 0 aliphatic rings. The number of rotatable bonds is 2. The number of hydrogen-bond acceptors (Lipinski definition) is 5. The minimum Gasteiger partial charge on any atom is -0.504 e. The van der Waals surface area contributed by atoms with Gasteiger partial charge in [0.1, 0.15) is 5.75 Å². The molecule has 0 spiro atoms. The lowest BCUT2D eigenvalue weighted by Gasteiger charge is -2.08. The first-order valence-electron chi connectivity index (χ1n) is 5.20. The Labute approximate surface area is 104 Å². The fourth-order valence-electron chi connectivity index (χ4n) is 1.58. The number of benzene rings is 2. The minimum atomic E-state index is -0.882. The largest absolute Gasteiger partial charge is 0.513 e. The number of aromatic hydroxyl groups is 1. The van der Waals surface area contributed by atoms with Gasteiger partial charge in [0.25, 0.3) is 0 Å². The lowest BCUT2D eigenvalue weighted by atomic mass is 10.1. The molecule has 0 saturated carbocycles. The molecule has 2 aromatic carbocycles. The number of phenolic OH excluding ortho intramolecular Hbond substituents is 1. The lowest BCUT2D eigenvalue weighted by Crippen LogP contribution is -2.07. The van der Waals surface area contributed by atoms with Gasteiger partial charge in [-0.3, -0.25) is 0 Å². The molecule has 0 aliphatic carbocycles. The molecule has 0 fully saturated rings. The van der Waals surface area contributed by atoms with Gasteiger partial charge in [-0.25, -0.2) is 4.79 Å². The van der Waals surface area contributed by atoms with Crippen LogP contribution >= 0.6 is 0 Å². The summed E-state index contributed by atoms with van der Waals surface area (Å²) in [6.45, 7) is 0. The Morgan fingerprint density at radius 2 is 1.89 bits per heavy atom. The van der Waals surface area contributed by atoms with Gasteiger partial charge in [-0.05, 0) is 35.0 Å². The van der Waals surface area contributed by atoms with Gasteiger partial charge < -0.3 is 19.3 Å². The molecular formula is C13H12O5. The number of carbonyl (C=O) groups is 1. The first kappa shape index (κ1) is 12.0. The van der Waals surface area contributed by atoms with Crippen molar-refractivity contribution < 1.29 is 24.1 Å². The highest BCUT2D eigenvalue weighted by atomic mass is 16.7. The summed E-state index contributed by atoms with van der Waals surface area (Å²) in [4.78, 5) is 11.0. The van der Waals surface area contributed by atoms with Crippen molar-refractivity contribution in [3.63, 3.8) is 0 Å². The molecule has 0 aromatic heterocycles. The summed E-state index contributed by atoms with van der Waals surface area (Å²) in [5.41, 5.74) is 0. The summed E-state index contributed by atoms with van der Waals surface area (Å²) in [5, 5.41) is 11.3. The summed E-state index contributed by atoms with van der Waals surface area (Å²) < 4.78 is 14.3. The molecule has 1 N–H and O–H groups in total. The molecular weight excluding hydrogens is 236 g/mol. The third-order valence-corrected chi connectivity index (χ3v) is 2.49. The fraction of sp³-hybridized carbons (Fsp3) is 0.154. The normalized spacial score (nSPS) is 10.1. The topological polar surface area (TPSA) is 65.0 Å². The van der Waals surface area contributed by atoms with Gasteiger partial charge in [0.05, 0.1) is 14.2 Å². The van der Waals surface area contributed by atoms with Crippen LogP contribution in [0.5, 0.6) is 17.2 Å². The predicted molar refractivity (Wildman–Crippen MR) is 65.2 cm³/mol. The number of carbonyl (C=O) groups excluding carboxylic acids is 1. The maximum atomic E-state index is 11.0. The van der Waals surface area contributed by atoms with Crippen molar-refractivity contribution in [3.8, 4) is 17.2 Å². The first-order valence-corrected chi connectivity index (χ1v) is 5.20. The quantitative estimate of drug-likeness (QED) is 0.653. The van der Waals surface area contributed by atoms with Gasteiger partial charge in [-0.1, -0.05) is 6.07 Å². The van der Waals surface area contributed by atoms with Gasteiger partial charge in [0.2, 0.25) is 0 Å². The van der Waals surface area contributed by atoms with Crippen molar-refractivity contribution in [2.45, 2.75) is 0 Å². The fourth-order valence-corrected chi connectivity index (χ4v) is 1.58. The maximum absolute atomic E-state index is 11.0. The highest BCUT2D eigenvalue weighted by Crippen LogP contribution is 2.33. The standard InChI is InChI=1S/C13H12O5/c1-16-10-4-3-8-6-11(14)12(7-9(8)5-10)18-13(15)17-2/h3-7,14H,1-2H3. The molecule has 0 saturated heterocycles. The molecule has 94 valence electrons. The monoisotopic (exact) mass is 248 g/mol. The number of phenols is 1. The molecule has 18 heavy (non-hydrogen) atoms. The molecule has 2 aromatic rings. The average Bonchev–Trinajstić information content (AvgIpc) is 2.39. The molecule has 0 radical (unpaired) electrons. The molecule has 5 nitrogen and oxygen atoms in total. The van der Waals surface area contributed by atoms with Gasteiger partial charge >= 0.3 is 6.16 Å². The van der Waals surface area contributed by atoms with Crippen molar-refractivity contribution >= 4 is 16.9 Å². The van der Waals surface area contributed by atoms with E-state index in [9.17, 15) is 9.90 Å².